The largest absolute Gasteiger partial charge is 0.0909 e. The van der Waals surface area contributed by atoms with Crippen LogP contribution in [0.5, 0.6) is 0 Å². The van der Waals surface area contributed by atoms with Crippen molar-refractivity contribution >= 4 is 5.57 Å². The van der Waals surface area contributed by atoms with E-state index in [9.17, 15) is 0 Å². The normalized spacial score (nSPS) is 17.2. The lowest BCUT2D eigenvalue weighted by Crippen LogP contribution is -2.16. The summed E-state index contributed by atoms with van der Waals surface area (Å²) in [4.78, 5) is 0. The Bertz CT molecular complexity index is 629. The molecule has 0 aromatic heterocycles. The van der Waals surface area contributed by atoms with Crippen molar-refractivity contribution in [2.45, 2.75) is 19.8 Å². The van der Waals surface area contributed by atoms with E-state index in [0.29, 0.717) is 5.92 Å². The molecule has 1 aliphatic carbocycles. The summed E-state index contributed by atoms with van der Waals surface area (Å²) in [6, 6.07) is 19.4. The van der Waals surface area contributed by atoms with Crippen LogP contribution in [-0.2, 0) is 6.42 Å². The van der Waals surface area contributed by atoms with Gasteiger partial charge in [-0.05, 0) is 48.0 Å². The fourth-order valence-corrected chi connectivity index (χ4v) is 2.79. The smallest absolute Gasteiger partial charge is 0.00839 e. The third-order valence-corrected chi connectivity index (χ3v) is 4.14. The van der Waals surface area contributed by atoms with Gasteiger partial charge in [0.2, 0.25) is 0 Å². The number of rotatable bonds is 4. The van der Waals surface area contributed by atoms with Gasteiger partial charge in [0.15, 0.2) is 0 Å². The highest BCUT2D eigenvalue weighted by Crippen LogP contribution is 2.38. The van der Waals surface area contributed by atoms with Crippen LogP contribution in [0.4, 0.5) is 0 Å². The Morgan fingerprint density at radius 3 is 2.35 bits per heavy atom. The minimum atomic E-state index is 0.631. The third kappa shape index (κ3) is 2.60. The number of hydrogen-bond acceptors (Lipinski definition) is 0. The zero-order valence-electron chi connectivity index (χ0n) is 12.0. The average molecular weight is 260 g/mol. The molecule has 0 fully saturated rings. The van der Waals surface area contributed by atoms with E-state index in [4.69, 9.17) is 0 Å². The van der Waals surface area contributed by atoms with E-state index in [0.717, 1.165) is 6.42 Å². The summed E-state index contributed by atoms with van der Waals surface area (Å²) in [5, 5.41) is 0. The molecule has 20 heavy (non-hydrogen) atoms. The predicted octanol–water partition coefficient (Wildman–Crippen LogP) is 5.20. The quantitative estimate of drug-likeness (QED) is 0.709. The molecule has 2 aromatic carbocycles. The van der Waals surface area contributed by atoms with Crippen LogP contribution < -0.4 is 0 Å². The average Bonchev–Trinajstić information content (AvgIpc) is 2.45. The summed E-state index contributed by atoms with van der Waals surface area (Å²) in [5.41, 5.74) is 6.58. The molecule has 0 heterocycles. The monoisotopic (exact) mass is 260 g/mol. The third-order valence-electron chi connectivity index (χ3n) is 4.14. The first-order valence-corrected chi connectivity index (χ1v) is 7.24. The number of allylic oxidation sites excluding steroid dienone is 3. The van der Waals surface area contributed by atoms with Gasteiger partial charge in [0.25, 0.3) is 0 Å². The van der Waals surface area contributed by atoms with Crippen molar-refractivity contribution in [2.75, 3.05) is 0 Å². The topological polar surface area (TPSA) is 0 Å². The van der Waals surface area contributed by atoms with Crippen molar-refractivity contribution in [1.82, 2.24) is 0 Å². The Balaban J connectivity index is 1.72. The Morgan fingerprint density at radius 1 is 1.05 bits per heavy atom. The second-order valence-electron chi connectivity index (χ2n) is 5.63. The fourth-order valence-electron chi connectivity index (χ4n) is 2.79. The number of hydrogen-bond donors (Lipinski definition) is 0. The molecule has 3 rings (SSSR count). The van der Waals surface area contributed by atoms with Crippen LogP contribution in [0.15, 0.2) is 72.8 Å². The molecule has 0 saturated carbocycles. The van der Waals surface area contributed by atoms with E-state index in [2.05, 4.69) is 74.2 Å². The van der Waals surface area contributed by atoms with Crippen LogP contribution in [-0.4, -0.2) is 0 Å². The van der Waals surface area contributed by atoms with E-state index in [1.54, 1.807) is 0 Å². The molecule has 0 aliphatic heterocycles. The Labute approximate surface area is 121 Å². The molecular weight excluding hydrogens is 240 g/mol. The first kappa shape index (κ1) is 12.9. The zero-order valence-corrected chi connectivity index (χ0v) is 12.0. The van der Waals surface area contributed by atoms with Gasteiger partial charge < -0.3 is 0 Å². The highest BCUT2D eigenvalue weighted by molar-refractivity contribution is 5.79. The summed E-state index contributed by atoms with van der Waals surface area (Å²) in [7, 11) is 0. The highest BCUT2D eigenvalue weighted by Gasteiger charge is 2.24. The van der Waals surface area contributed by atoms with Crippen LogP contribution >= 0.6 is 0 Å². The van der Waals surface area contributed by atoms with Gasteiger partial charge in [-0.25, -0.2) is 0 Å². The summed E-state index contributed by atoms with van der Waals surface area (Å²) in [5.74, 6) is 0.631. The molecule has 0 radical (unpaired) electrons. The van der Waals surface area contributed by atoms with Crippen molar-refractivity contribution in [3.63, 3.8) is 0 Å². The lowest BCUT2D eigenvalue weighted by atomic mass is 9.75. The molecule has 0 spiro atoms. The van der Waals surface area contributed by atoms with E-state index in [1.807, 2.05) is 0 Å². The van der Waals surface area contributed by atoms with Gasteiger partial charge in [0, 0.05) is 0 Å². The van der Waals surface area contributed by atoms with Gasteiger partial charge >= 0.3 is 0 Å². The lowest BCUT2D eigenvalue weighted by molar-refractivity contribution is 0.580. The molecule has 0 nitrogen and oxygen atoms in total. The Morgan fingerprint density at radius 2 is 1.75 bits per heavy atom. The van der Waals surface area contributed by atoms with Crippen molar-refractivity contribution in [2.24, 2.45) is 5.92 Å². The SMILES string of the molecule is C=C(C1=CCC1Cc1ccccc1)c1ccc(C)cc1. The maximum absolute atomic E-state index is 4.30. The van der Waals surface area contributed by atoms with Crippen LogP contribution in [0, 0.1) is 12.8 Å². The van der Waals surface area contributed by atoms with E-state index < -0.39 is 0 Å². The first-order valence-electron chi connectivity index (χ1n) is 7.24. The molecule has 0 saturated heterocycles. The van der Waals surface area contributed by atoms with Crippen LogP contribution in [0.2, 0.25) is 0 Å². The van der Waals surface area contributed by atoms with Crippen molar-refractivity contribution in [3.8, 4) is 0 Å². The molecule has 2 aromatic rings. The predicted molar refractivity (Wildman–Crippen MR) is 86.5 cm³/mol. The summed E-state index contributed by atoms with van der Waals surface area (Å²) in [6.45, 7) is 6.42. The maximum atomic E-state index is 4.30. The summed E-state index contributed by atoms with van der Waals surface area (Å²) >= 11 is 0. The Hall–Kier alpha value is -2.08. The first-order chi connectivity index (χ1) is 9.74. The molecule has 0 heteroatoms. The van der Waals surface area contributed by atoms with Crippen molar-refractivity contribution in [3.05, 3.63) is 89.5 Å². The molecule has 0 bridgehead atoms. The molecule has 0 N–H and O–H groups in total. The van der Waals surface area contributed by atoms with Crippen LogP contribution in [0.1, 0.15) is 23.1 Å². The van der Waals surface area contributed by atoms with Gasteiger partial charge in [0.1, 0.15) is 0 Å². The standard InChI is InChI=1S/C20H20/c1-15-8-10-18(11-9-15)16(2)20-13-12-19(20)14-17-6-4-3-5-7-17/h3-11,13,19H,2,12,14H2,1H3. The number of aryl methyl sites for hydroxylation is 1. The molecule has 1 atom stereocenters. The van der Waals surface area contributed by atoms with Gasteiger partial charge in [-0.3, -0.25) is 0 Å². The second kappa shape index (κ2) is 5.50. The fraction of sp³-hybridized carbons (Fsp3) is 0.200. The summed E-state index contributed by atoms with van der Waals surface area (Å²) < 4.78 is 0. The maximum Gasteiger partial charge on any atom is -0.00839 e. The lowest BCUT2D eigenvalue weighted by Gasteiger charge is -2.29. The Kier molecular flexibility index (Phi) is 3.56. The minimum Gasteiger partial charge on any atom is -0.0909 e. The molecular formula is C20H20. The van der Waals surface area contributed by atoms with Gasteiger partial charge in [0.05, 0.1) is 0 Å². The van der Waals surface area contributed by atoms with E-state index in [1.165, 1.54) is 34.3 Å². The van der Waals surface area contributed by atoms with Gasteiger partial charge in [-0.1, -0.05) is 72.8 Å². The van der Waals surface area contributed by atoms with E-state index in [-0.39, 0.29) is 0 Å². The second-order valence-corrected chi connectivity index (χ2v) is 5.63. The van der Waals surface area contributed by atoms with Crippen molar-refractivity contribution in [1.29, 1.82) is 0 Å². The summed E-state index contributed by atoms with van der Waals surface area (Å²) in [6.07, 6.45) is 4.63. The van der Waals surface area contributed by atoms with Gasteiger partial charge in [-0.2, -0.15) is 0 Å². The number of benzene rings is 2. The van der Waals surface area contributed by atoms with Crippen molar-refractivity contribution < 1.29 is 0 Å². The molecule has 1 aliphatic rings. The van der Waals surface area contributed by atoms with Crippen LogP contribution in [0.3, 0.4) is 0 Å². The van der Waals surface area contributed by atoms with E-state index >= 15 is 0 Å². The zero-order chi connectivity index (χ0) is 13.9. The molecule has 0 amide bonds. The van der Waals surface area contributed by atoms with Gasteiger partial charge in [-0.15, -0.1) is 0 Å². The molecule has 100 valence electrons. The minimum absolute atomic E-state index is 0.631. The molecule has 1 unspecified atom stereocenters. The van der Waals surface area contributed by atoms with Crippen LogP contribution in [0.25, 0.3) is 5.57 Å². The highest BCUT2D eigenvalue weighted by atomic mass is 14.3.